The molecule has 0 rings (SSSR count). The van der Waals surface area contributed by atoms with Gasteiger partial charge in [-0.25, -0.2) is 0 Å². The topological polar surface area (TPSA) is 72.8 Å². The number of aliphatic hydroxyl groups is 1. The molecular formula is C81H140O5. The van der Waals surface area contributed by atoms with Gasteiger partial charge in [0.1, 0.15) is 6.61 Å². The molecule has 0 fully saturated rings. The van der Waals surface area contributed by atoms with Gasteiger partial charge in [-0.1, -0.05) is 367 Å². The first-order chi connectivity index (χ1) is 42.6. The van der Waals surface area contributed by atoms with E-state index in [1.807, 2.05) is 0 Å². The van der Waals surface area contributed by atoms with Crippen LogP contribution in [0.2, 0.25) is 0 Å². The lowest BCUT2D eigenvalue weighted by molar-refractivity contribution is -0.161. The Hall–Kier alpha value is -3.70. The van der Waals surface area contributed by atoms with Crippen molar-refractivity contribution >= 4 is 11.9 Å². The van der Waals surface area contributed by atoms with Crippen LogP contribution >= 0.6 is 0 Å². The van der Waals surface area contributed by atoms with E-state index in [0.717, 1.165) is 103 Å². The van der Waals surface area contributed by atoms with Gasteiger partial charge in [0.15, 0.2) is 6.10 Å². The Labute approximate surface area is 534 Å². The second-order valence-electron chi connectivity index (χ2n) is 24.6. The van der Waals surface area contributed by atoms with Crippen molar-refractivity contribution in [3.05, 3.63) is 122 Å². The van der Waals surface area contributed by atoms with Crippen LogP contribution in [0.1, 0.15) is 361 Å². The van der Waals surface area contributed by atoms with Gasteiger partial charge in [-0.05, 0) is 103 Å². The molecule has 0 aromatic carbocycles. The fourth-order valence-corrected chi connectivity index (χ4v) is 10.8. The molecule has 0 aliphatic carbocycles. The predicted molar refractivity (Wildman–Crippen MR) is 380 cm³/mol. The Bertz CT molecular complexity index is 1690. The number of carbonyl (C=O) groups is 2. The van der Waals surface area contributed by atoms with Gasteiger partial charge in [-0.3, -0.25) is 9.59 Å². The molecule has 1 unspecified atom stereocenters. The van der Waals surface area contributed by atoms with Crippen LogP contribution in [0.15, 0.2) is 122 Å². The fourth-order valence-electron chi connectivity index (χ4n) is 10.8. The highest BCUT2D eigenvalue weighted by Crippen LogP contribution is 2.18. The van der Waals surface area contributed by atoms with Gasteiger partial charge in [-0.2, -0.15) is 0 Å². The Morgan fingerprint density at radius 1 is 0.267 bits per heavy atom. The van der Waals surface area contributed by atoms with Crippen molar-refractivity contribution in [2.24, 2.45) is 0 Å². The molecule has 0 spiro atoms. The summed E-state index contributed by atoms with van der Waals surface area (Å²) < 4.78 is 10.8. The highest BCUT2D eigenvalue weighted by atomic mass is 16.6. The maximum absolute atomic E-state index is 12.4. The molecule has 0 saturated carbocycles. The van der Waals surface area contributed by atoms with Crippen molar-refractivity contribution in [3.63, 3.8) is 0 Å². The number of hydrogen-bond acceptors (Lipinski definition) is 5. The van der Waals surface area contributed by atoms with Crippen LogP contribution in [0.5, 0.6) is 0 Å². The van der Waals surface area contributed by atoms with Crippen molar-refractivity contribution in [2.45, 2.75) is 367 Å². The third-order valence-corrected chi connectivity index (χ3v) is 16.3. The van der Waals surface area contributed by atoms with E-state index in [0.29, 0.717) is 12.8 Å². The summed E-state index contributed by atoms with van der Waals surface area (Å²) in [5.41, 5.74) is 0. The van der Waals surface area contributed by atoms with Crippen LogP contribution in [0.3, 0.4) is 0 Å². The summed E-state index contributed by atoms with van der Waals surface area (Å²) in [6.07, 6.45) is 111. The van der Waals surface area contributed by atoms with E-state index in [2.05, 4.69) is 135 Å². The van der Waals surface area contributed by atoms with Crippen LogP contribution < -0.4 is 0 Å². The smallest absolute Gasteiger partial charge is 0.306 e. The molecule has 0 aliphatic rings. The number of unbranched alkanes of at least 4 members (excludes halogenated alkanes) is 40. The molecule has 86 heavy (non-hydrogen) atoms. The van der Waals surface area contributed by atoms with Gasteiger partial charge in [0.25, 0.3) is 0 Å². The second-order valence-corrected chi connectivity index (χ2v) is 24.6. The van der Waals surface area contributed by atoms with Crippen molar-refractivity contribution in [2.75, 3.05) is 13.2 Å². The number of rotatable bonds is 68. The minimum absolute atomic E-state index is 0.0660. The summed E-state index contributed by atoms with van der Waals surface area (Å²) in [4.78, 5) is 24.7. The highest BCUT2D eigenvalue weighted by Gasteiger charge is 2.16. The minimum atomic E-state index is -0.778. The first-order valence-electron chi connectivity index (χ1n) is 37.1. The van der Waals surface area contributed by atoms with Gasteiger partial charge in [0.05, 0.1) is 6.61 Å². The molecule has 5 heteroatoms. The lowest BCUT2D eigenvalue weighted by Gasteiger charge is -2.15. The Morgan fingerprint density at radius 2 is 0.465 bits per heavy atom. The Balaban J connectivity index is 3.42. The molecule has 1 atom stereocenters. The van der Waals surface area contributed by atoms with E-state index < -0.39 is 6.10 Å². The van der Waals surface area contributed by atoms with Crippen LogP contribution in [-0.4, -0.2) is 36.4 Å². The van der Waals surface area contributed by atoms with Crippen LogP contribution in [0, 0.1) is 0 Å². The summed E-state index contributed by atoms with van der Waals surface area (Å²) in [5, 5.41) is 9.72. The summed E-state index contributed by atoms with van der Waals surface area (Å²) >= 11 is 0. The van der Waals surface area contributed by atoms with Gasteiger partial charge in [0.2, 0.25) is 0 Å². The van der Waals surface area contributed by atoms with Crippen molar-refractivity contribution < 1.29 is 24.2 Å². The van der Waals surface area contributed by atoms with E-state index in [4.69, 9.17) is 9.47 Å². The lowest BCUT2D eigenvalue weighted by Crippen LogP contribution is -2.28. The maximum atomic E-state index is 12.4. The van der Waals surface area contributed by atoms with Crippen LogP contribution in [0.4, 0.5) is 0 Å². The van der Waals surface area contributed by atoms with Gasteiger partial charge >= 0.3 is 11.9 Å². The van der Waals surface area contributed by atoms with Gasteiger partial charge in [0, 0.05) is 12.8 Å². The van der Waals surface area contributed by atoms with Crippen molar-refractivity contribution in [1.29, 1.82) is 0 Å². The first kappa shape index (κ1) is 82.3. The quantitative estimate of drug-likeness (QED) is 0.0373. The Morgan fingerprint density at radius 3 is 0.698 bits per heavy atom. The van der Waals surface area contributed by atoms with E-state index in [9.17, 15) is 14.7 Å². The summed E-state index contributed by atoms with van der Waals surface area (Å²) in [6, 6.07) is 0. The molecule has 0 amide bonds. The SMILES string of the molecule is CC/C=C\C/C=C\C/C=C\C/C=C\C/C=C\C/C=C\CCCCCCCCCCCCCCCCC(=O)OC(CO)COC(=O)CCCCCCCCCCCCCCCCCCCCCCCCCCCC/C=C\C/C=C\C/C=C\C/C=C\CC. The number of hydrogen-bond donors (Lipinski definition) is 1. The highest BCUT2D eigenvalue weighted by molar-refractivity contribution is 5.70. The zero-order valence-electron chi connectivity index (χ0n) is 56.8. The van der Waals surface area contributed by atoms with Gasteiger partial charge in [-0.15, -0.1) is 0 Å². The molecule has 0 aromatic heterocycles. The van der Waals surface area contributed by atoms with E-state index >= 15 is 0 Å². The molecule has 0 radical (unpaired) electrons. The maximum Gasteiger partial charge on any atom is 0.306 e. The third kappa shape index (κ3) is 72.8. The van der Waals surface area contributed by atoms with Crippen LogP contribution in [0.25, 0.3) is 0 Å². The largest absolute Gasteiger partial charge is 0.462 e. The molecule has 0 bridgehead atoms. The standard InChI is InChI=1S/C81H140O5/c1-3-5-7-9-11-13-15-17-19-21-23-25-27-29-31-33-35-37-38-39-40-41-42-44-45-47-49-51-53-55-57-59-61-63-65-67-69-71-73-75-80(83)85-78-79(77-82)86-81(84)76-74-72-70-68-66-64-62-60-58-56-54-52-50-48-46-43-36-34-32-30-28-26-24-22-20-18-16-14-12-10-8-6-4-2/h5-8,11-14,17-20,23-26,30,32,36,43,79,82H,3-4,9-10,15-16,21-22,27-29,31,33-35,37-42,44-78H2,1-2H3/b7-5-,8-6-,13-11-,14-12-,19-17-,20-18-,25-23-,26-24-,32-30-,43-36-. The summed E-state index contributed by atoms with van der Waals surface area (Å²) in [5.74, 6) is -0.578. The Kier molecular flexibility index (Phi) is 72.3. The molecule has 494 valence electrons. The molecule has 1 N–H and O–H groups in total. The lowest BCUT2D eigenvalue weighted by atomic mass is 10.0. The fraction of sp³-hybridized carbons (Fsp3) is 0.728. The molecule has 0 saturated heterocycles. The molecule has 0 heterocycles. The van der Waals surface area contributed by atoms with E-state index in [1.54, 1.807) is 0 Å². The first-order valence-corrected chi connectivity index (χ1v) is 37.1. The number of carbonyl (C=O) groups excluding carboxylic acids is 2. The van der Waals surface area contributed by atoms with Crippen molar-refractivity contribution in [3.8, 4) is 0 Å². The van der Waals surface area contributed by atoms with Crippen LogP contribution in [-0.2, 0) is 19.1 Å². The van der Waals surface area contributed by atoms with E-state index in [-0.39, 0.29) is 25.2 Å². The predicted octanol–water partition coefficient (Wildman–Crippen LogP) is 26.1. The summed E-state index contributed by atoms with van der Waals surface area (Å²) in [6.45, 7) is 3.95. The van der Waals surface area contributed by atoms with Gasteiger partial charge < -0.3 is 14.6 Å². The number of aliphatic hydroxyl groups excluding tert-OH is 1. The third-order valence-electron chi connectivity index (χ3n) is 16.3. The van der Waals surface area contributed by atoms with E-state index in [1.165, 1.54) is 231 Å². The minimum Gasteiger partial charge on any atom is -0.462 e. The number of allylic oxidation sites excluding steroid dienone is 20. The number of esters is 2. The number of ether oxygens (including phenoxy) is 2. The molecule has 5 nitrogen and oxygen atoms in total. The summed E-state index contributed by atoms with van der Waals surface area (Å²) in [7, 11) is 0. The normalized spacial score (nSPS) is 12.9. The molecule has 0 aliphatic heterocycles. The molecule has 0 aromatic rings. The zero-order chi connectivity index (χ0) is 61.9. The van der Waals surface area contributed by atoms with Crippen molar-refractivity contribution in [1.82, 2.24) is 0 Å². The monoisotopic (exact) mass is 1190 g/mol. The average Bonchev–Trinajstić information content (AvgIpc) is 3.55. The zero-order valence-corrected chi connectivity index (χ0v) is 56.8. The second kappa shape index (κ2) is 75.5. The molecular weight excluding hydrogens is 1050 g/mol. The average molecular weight is 1190 g/mol.